The van der Waals surface area contributed by atoms with Gasteiger partial charge in [-0.05, 0) is 31.5 Å². The smallest absolute Gasteiger partial charge is 0.161 e. The van der Waals surface area contributed by atoms with E-state index in [2.05, 4.69) is 5.10 Å². The first-order valence-electron chi connectivity index (χ1n) is 5.29. The van der Waals surface area contributed by atoms with Gasteiger partial charge in [-0.3, -0.25) is 4.79 Å². The summed E-state index contributed by atoms with van der Waals surface area (Å²) in [7, 11) is 0. The Hall–Kier alpha value is -1.68. The number of nitrogens with zero attached hydrogens (tertiary/aromatic N) is 2. The average Bonchev–Trinajstić information content (AvgIpc) is 2.70. The van der Waals surface area contributed by atoms with Crippen LogP contribution < -0.4 is 0 Å². The van der Waals surface area contributed by atoms with Gasteiger partial charge in [0.25, 0.3) is 0 Å². The molecule has 2 aromatic rings. The third-order valence-corrected chi connectivity index (χ3v) is 2.65. The molecule has 0 radical (unpaired) electrons. The van der Waals surface area contributed by atoms with Gasteiger partial charge in [-0.25, -0.2) is 4.52 Å². The number of hydrogen-bond acceptors (Lipinski definition) is 3. The van der Waals surface area contributed by atoms with Crippen molar-refractivity contribution in [2.24, 2.45) is 0 Å². The molecule has 0 aliphatic rings. The molecule has 0 aliphatic heterocycles. The second kappa shape index (κ2) is 4.06. The summed E-state index contributed by atoms with van der Waals surface area (Å²) in [5.41, 5.74) is 3.03. The number of ketones is 1. The maximum Gasteiger partial charge on any atom is 0.161 e. The lowest BCUT2D eigenvalue weighted by molar-refractivity contribution is 0.101. The van der Waals surface area contributed by atoms with Gasteiger partial charge in [0.2, 0.25) is 0 Å². The predicted molar refractivity (Wildman–Crippen MR) is 60.5 cm³/mol. The number of hydrogen-bond donors (Lipinski definition) is 1. The van der Waals surface area contributed by atoms with Gasteiger partial charge < -0.3 is 5.11 Å². The summed E-state index contributed by atoms with van der Waals surface area (Å²) in [6, 6.07) is 5.37. The number of rotatable bonds is 3. The van der Waals surface area contributed by atoms with Gasteiger partial charge in [0.05, 0.1) is 23.5 Å². The summed E-state index contributed by atoms with van der Waals surface area (Å²) in [5, 5.41) is 13.6. The molecule has 0 fully saturated rings. The van der Waals surface area contributed by atoms with Crippen LogP contribution in [0.2, 0.25) is 0 Å². The fourth-order valence-corrected chi connectivity index (χ4v) is 1.77. The van der Waals surface area contributed by atoms with E-state index >= 15 is 0 Å². The van der Waals surface area contributed by atoms with E-state index in [9.17, 15) is 9.90 Å². The molecule has 0 spiro atoms. The Labute approximate surface area is 93.5 Å². The van der Waals surface area contributed by atoms with Gasteiger partial charge in [-0.2, -0.15) is 5.10 Å². The number of aliphatic hydroxyl groups is 1. The number of carbonyl (C=O) groups excluding carboxylic acids is 1. The molecule has 0 saturated heterocycles. The number of Topliss-reactive ketones (excluding diaryl/α,β-unsaturated/α-hetero) is 1. The number of aliphatic hydroxyl groups excluding tert-OH is 1. The molecular formula is C12H14N2O2. The quantitative estimate of drug-likeness (QED) is 0.796. The summed E-state index contributed by atoms with van der Waals surface area (Å²) in [4.78, 5) is 11.5. The maximum atomic E-state index is 11.5. The molecule has 2 aromatic heterocycles. The molecule has 0 saturated carbocycles. The van der Waals surface area contributed by atoms with Gasteiger partial charge in [-0.15, -0.1) is 0 Å². The Morgan fingerprint density at radius 3 is 2.81 bits per heavy atom. The van der Waals surface area contributed by atoms with Crippen LogP contribution in [-0.4, -0.2) is 20.5 Å². The number of aromatic nitrogens is 2. The highest BCUT2D eigenvalue weighted by Gasteiger charge is 2.11. The zero-order valence-corrected chi connectivity index (χ0v) is 9.40. The zero-order valence-electron chi connectivity index (χ0n) is 9.40. The minimum absolute atomic E-state index is 0.0112. The van der Waals surface area contributed by atoms with Gasteiger partial charge >= 0.3 is 0 Å². The van der Waals surface area contributed by atoms with E-state index in [4.69, 9.17) is 0 Å². The second-order valence-corrected chi connectivity index (χ2v) is 3.74. The van der Waals surface area contributed by atoms with Gasteiger partial charge in [0, 0.05) is 5.56 Å². The van der Waals surface area contributed by atoms with Crippen LogP contribution in [0.1, 0.15) is 35.6 Å². The van der Waals surface area contributed by atoms with E-state index in [1.165, 1.54) is 6.92 Å². The molecule has 2 heterocycles. The van der Waals surface area contributed by atoms with Crippen molar-refractivity contribution in [1.29, 1.82) is 0 Å². The molecule has 4 heteroatoms. The lowest BCUT2D eigenvalue weighted by Gasteiger charge is -2.04. The highest BCUT2D eigenvalue weighted by molar-refractivity contribution is 6.00. The molecule has 0 aromatic carbocycles. The highest BCUT2D eigenvalue weighted by atomic mass is 16.3. The monoisotopic (exact) mass is 218 g/mol. The van der Waals surface area contributed by atoms with Crippen LogP contribution in [0.3, 0.4) is 0 Å². The fraction of sp³-hybridized carbons (Fsp3) is 0.333. The largest absolute Gasteiger partial charge is 0.390 e. The Kier molecular flexibility index (Phi) is 2.75. The van der Waals surface area contributed by atoms with Crippen molar-refractivity contribution in [1.82, 2.24) is 9.61 Å². The summed E-state index contributed by atoms with van der Waals surface area (Å²) in [6.45, 7) is 3.46. The molecule has 0 atom stereocenters. The van der Waals surface area contributed by atoms with Crippen LogP contribution in [0.4, 0.5) is 0 Å². The Morgan fingerprint density at radius 1 is 1.50 bits per heavy atom. The Morgan fingerprint density at radius 2 is 2.25 bits per heavy atom. The number of aryl methyl sites for hydroxylation is 1. The average molecular weight is 218 g/mol. The van der Waals surface area contributed by atoms with Crippen LogP contribution in [-0.2, 0) is 13.0 Å². The number of pyridine rings is 1. The van der Waals surface area contributed by atoms with Crippen LogP contribution in [0.5, 0.6) is 0 Å². The summed E-state index contributed by atoms with van der Waals surface area (Å²) >= 11 is 0. The van der Waals surface area contributed by atoms with E-state index in [0.29, 0.717) is 11.3 Å². The van der Waals surface area contributed by atoms with Gasteiger partial charge in [0.1, 0.15) is 0 Å². The van der Waals surface area contributed by atoms with Crippen molar-refractivity contribution in [3.8, 4) is 0 Å². The summed E-state index contributed by atoms with van der Waals surface area (Å²) in [5.74, 6) is 0.0112. The molecule has 1 N–H and O–H groups in total. The first kappa shape index (κ1) is 10.8. The molecule has 0 bridgehead atoms. The number of carbonyl (C=O) groups is 1. The van der Waals surface area contributed by atoms with E-state index in [1.807, 2.05) is 13.0 Å². The molecule has 0 amide bonds. The van der Waals surface area contributed by atoms with Crippen LogP contribution >= 0.6 is 0 Å². The Balaban J connectivity index is 2.77. The standard InChI is InChI=1S/C12H14N2O2/c1-3-9-6-12-11(8(2)16)5-4-10(7-15)14(12)13-9/h4-6,15H,3,7H2,1-2H3. The zero-order chi connectivity index (χ0) is 11.7. The maximum absolute atomic E-state index is 11.5. The van der Waals surface area contributed by atoms with E-state index < -0.39 is 0 Å². The predicted octanol–water partition coefficient (Wildman–Crippen LogP) is 1.59. The van der Waals surface area contributed by atoms with Crippen molar-refractivity contribution in [2.75, 3.05) is 0 Å². The molecule has 4 nitrogen and oxygen atoms in total. The molecule has 16 heavy (non-hydrogen) atoms. The van der Waals surface area contributed by atoms with Crippen molar-refractivity contribution < 1.29 is 9.90 Å². The third kappa shape index (κ3) is 1.61. The van der Waals surface area contributed by atoms with Crippen LogP contribution in [0, 0.1) is 0 Å². The molecule has 0 unspecified atom stereocenters. The third-order valence-electron chi connectivity index (χ3n) is 2.65. The highest BCUT2D eigenvalue weighted by Crippen LogP contribution is 2.16. The lowest BCUT2D eigenvalue weighted by atomic mass is 10.1. The van der Waals surface area contributed by atoms with Gasteiger partial charge in [-0.1, -0.05) is 6.92 Å². The minimum atomic E-state index is -0.0838. The molecule has 0 aliphatic carbocycles. The van der Waals surface area contributed by atoms with E-state index in [1.54, 1.807) is 16.6 Å². The minimum Gasteiger partial charge on any atom is -0.390 e. The van der Waals surface area contributed by atoms with Crippen LogP contribution in [0.25, 0.3) is 5.52 Å². The van der Waals surface area contributed by atoms with Crippen molar-refractivity contribution in [3.63, 3.8) is 0 Å². The molecule has 2 rings (SSSR count). The molecular weight excluding hydrogens is 204 g/mol. The Bertz CT molecular complexity index is 543. The fourth-order valence-electron chi connectivity index (χ4n) is 1.77. The second-order valence-electron chi connectivity index (χ2n) is 3.74. The summed E-state index contributed by atoms with van der Waals surface area (Å²) in [6.07, 6.45) is 0.809. The topological polar surface area (TPSA) is 54.6 Å². The first-order valence-corrected chi connectivity index (χ1v) is 5.29. The van der Waals surface area contributed by atoms with Crippen LogP contribution in [0.15, 0.2) is 18.2 Å². The van der Waals surface area contributed by atoms with Crippen molar-refractivity contribution in [2.45, 2.75) is 26.9 Å². The SMILES string of the molecule is CCc1cc2c(C(C)=O)ccc(CO)n2n1. The number of fused-ring (bicyclic) bond motifs is 1. The van der Waals surface area contributed by atoms with E-state index in [-0.39, 0.29) is 12.4 Å². The summed E-state index contributed by atoms with van der Waals surface area (Å²) < 4.78 is 1.65. The van der Waals surface area contributed by atoms with Gasteiger partial charge in [0.15, 0.2) is 5.78 Å². The molecule has 84 valence electrons. The normalized spacial score (nSPS) is 10.9. The lowest BCUT2D eigenvalue weighted by Crippen LogP contribution is -2.03. The first-order chi connectivity index (χ1) is 7.67. The van der Waals surface area contributed by atoms with Crippen molar-refractivity contribution in [3.05, 3.63) is 35.2 Å². The van der Waals surface area contributed by atoms with Crippen molar-refractivity contribution >= 4 is 11.3 Å². The van der Waals surface area contributed by atoms with E-state index in [0.717, 1.165) is 17.6 Å².